The molecule has 4 rings (SSSR count). The molecule has 0 atom stereocenters. The van der Waals surface area contributed by atoms with Crippen molar-refractivity contribution >= 4 is 33.0 Å². The number of thiophene rings is 1. The van der Waals surface area contributed by atoms with Crippen molar-refractivity contribution in [1.29, 1.82) is 0 Å². The first-order valence-electron chi connectivity index (χ1n) is 8.81. The van der Waals surface area contributed by atoms with Crippen molar-refractivity contribution in [3.63, 3.8) is 0 Å². The van der Waals surface area contributed by atoms with Gasteiger partial charge < -0.3 is 10.1 Å². The van der Waals surface area contributed by atoms with Crippen LogP contribution in [0.25, 0.3) is 20.7 Å². The number of carbonyl (C=O) groups is 1. The summed E-state index contributed by atoms with van der Waals surface area (Å²) in [5, 5.41) is 3.60. The van der Waals surface area contributed by atoms with Crippen molar-refractivity contribution in [2.75, 3.05) is 11.9 Å². The molecule has 0 saturated carbocycles. The molecule has 1 N–H and O–H groups in total. The summed E-state index contributed by atoms with van der Waals surface area (Å²) in [5.74, 6) is 0.126. The zero-order chi connectivity index (χ0) is 21.1. The van der Waals surface area contributed by atoms with Gasteiger partial charge >= 0.3 is 6.36 Å². The van der Waals surface area contributed by atoms with E-state index in [9.17, 15) is 18.0 Å². The molecule has 4 aromatic rings. The molecule has 2 aromatic carbocycles. The molecular formula is C21H14F3N3O2S. The Kier molecular flexibility index (Phi) is 5.37. The Hall–Kier alpha value is -3.46. The first-order chi connectivity index (χ1) is 14.4. The lowest BCUT2D eigenvalue weighted by atomic mass is 10.1. The van der Waals surface area contributed by atoms with Crippen molar-refractivity contribution in [1.82, 2.24) is 9.97 Å². The Morgan fingerprint density at radius 2 is 1.83 bits per heavy atom. The van der Waals surface area contributed by atoms with Crippen LogP contribution in [0.4, 0.5) is 19.0 Å². The lowest BCUT2D eigenvalue weighted by Gasteiger charge is -2.08. The summed E-state index contributed by atoms with van der Waals surface area (Å²) in [4.78, 5) is 21.3. The molecule has 0 aliphatic heterocycles. The van der Waals surface area contributed by atoms with Crippen LogP contribution in [-0.4, -0.2) is 28.7 Å². The summed E-state index contributed by atoms with van der Waals surface area (Å²) < 4.78 is 42.0. The molecule has 152 valence electrons. The molecule has 0 amide bonds. The van der Waals surface area contributed by atoms with Gasteiger partial charge in [-0.2, -0.15) is 0 Å². The van der Waals surface area contributed by atoms with Gasteiger partial charge in [-0.3, -0.25) is 4.79 Å². The standard InChI is InChI=1S/C21H14F3N3O2S/c22-21(23,24)29-15-6-7-18-14(8-15)9-19(30-18)16-10-20(27-12-26-16)25-11-17(28)13-4-2-1-3-5-13/h1-10,12H,11H2,(H,25,26,27). The molecule has 5 nitrogen and oxygen atoms in total. The minimum Gasteiger partial charge on any atom is -0.406 e. The van der Waals surface area contributed by atoms with E-state index in [4.69, 9.17) is 0 Å². The highest BCUT2D eigenvalue weighted by Crippen LogP contribution is 2.35. The first-order valence-corrected chi connectivity index (χ1v) is 9.63. The van der Waals surface area contributed by atoms with E-state index in [1.807, 2.05) is 6.07 Å². The lowest BCUT2D eigenvalue weighted by molar-refractivity contribution is -0.274. The van der Waals surface area contributed by atoms with Gasteiger partial charge in [-0.15, -0.1) is 24.5 Å². The zero-order valence-corrected chi connectivity index (χ0v) is 16.1. The number of hydrogen-bond acceptors (Lipinski definition) is 6. The normalized spacial score (nSPS) is 11.4. The van der Waals surface area contributed by atoms with Crippen molar-refractivity contribution < 1.29 is 22.7 Å². The Morgan fingerprint density at radius 3 is 2.60 bits per heavy atom. The quantitative estimate of drug-likeness (QED) is 0.407. The molecule has 0 bridgehead atoms. The van der Waals surface area contributed by atoms with E-state index in [2.05, 4.69) is 20.0 Å². The fourth-order valence-electron chi connectivity index (χ4n) is 2.83. The summed E-state index contributed by atoms with van der Waals surface area (Å²) in [6.07, 6.45) is -3.37. The second kappa shape index (κ2) is 8.11. The van der Waals surface area contributed by atoms with E-state index < -0.39 is 6.36 Å². The summed E-state index contributed by atoms with van der Waals surface area (Å²) in [7, 11) is 0. The highest BCUT2D eigenvalue weighted by atomic mass is 32.1. The number of carbonyl (C=O) groups excluding carboxylic acids is 1. The number of halogens is 3. The van der Waals surface area contributed by atoms with Gasteiger partial charge in [0, 0.05) is 16.3 Å². The molecule has 0 aliphatic carbocycles. The lowest BCUT2D eigenvalue weighted by Crippen LogP contribution is -2.16. The maximum Gasteiger partial charge on any atom is 0.573 e. The Bertz CT molecular complexity index is 1190. The van der Waals surface area contributed by atoms with Gasteiger partial charge in [-0.05, 0) is 29.7 Å². The number of nitrogens with zero attached hydrogens (tertiary/aromatic N) is 2. The topological polar surface area (TPSA) is 64.1 Å². The SMILES string of the molecule is O=C(CNc1cc(-c2cc3cc(OC(F)(F)F)ccc3s2)ncn1)c1ccccc1. The molecule has 2 heterocycles. The molecule has 0 unspecified atom stereocenters. The van der Waals surface area contributed by atoms with Crippen LogP contribution in [0.5, 0.6) is 5.75 Å². The average Bonchev–Trinajstić information content (AvgIpc) is 3.15. The second-order valence-corrected chi connectivity index (χ2v) is 7.37. The monoisotopic (exact) mass is 429 g/mol. The third kappa shape index (κ3) is 4.74. The van der Waals surface area contributed by atoms with Crippen molar-refractivity contribution in [2.45, 2.75) is 6.36 Å². The number of aromatic nitrogens is 2. The van der Waals surface area contributed by atoms with Crippen LogP contribution in [0.15, 0.2) is 67.0 Å². The number of anilines is 1. The van der Waals surface area contributed by atoms with E-state index in [0.717, 1.165) is 9.58 Å². The van der Waals surface area contributed by atoms with Crippen molar-refractivity contribution in [3.05, 3.63) is 72.6 Å². The minimum atomic E-state index is -4.74. The Labute approximate surface area is 173 Å². The maximum absolute atomic E-state index is 12.4. The van der Waals surface area contributed by atoms with Crippen LogP contribution in [0.3, 0.4) is 0 Å². The molecule has 0 radical (unpaired) electrons. The molecule has 0 aliphatic rings. The molecule has 2 aromatic heterocycles. The number of nitrogens with one attached hydrogen (secondary N) is 1. The molecule has 0 fully saturated rings. The van der Waals surface area contributed by atoms with E-state index in [1.54, 1.807) is 42.5 Å². The number of alkyl halides is 3. The number of hydrogen-bond donors (Lipinski definition) is 1. The molecular weight excluding hydrogens is 415 g/mol. The molecule has 30 heavy (non-hydrogen) atoms. The van der Waals surface area contributed by atoms with Gasteiger partial charge in [0.2, 0.25) is 0 Å². The summed E-state index contributed by atoms with van der Waals surface area (Å²) >= 11 is 1.39. The highest BCUT2D eigenvalue weighted by molar-refractivity contribution is 7.22. The van der Waals surface area contributed by atoms with Crippen LogP contribution in [0, 0.1) is 0 Å². The van der Waals surface area contributed by atoms with Crippen molar-refractivity contribution in [2.24, 2.45) is 0 Å². The summed E-state index contributed by atoms with van der Waals surface area (Å²) in [6, 6.07) is 16.5. The maximum atomic E-state index is 12.4. The van der Waals surface area contributed by atoms with E-state index >= 15 is 0 Å². The number of ether oxygens (including phenoxy) is 1. The predicted octanol–water partition coefficient (Wildman–Crippen LogP) is 5.55. The van der Waals surface area contributed by atoms with Gasteiger partial charge in [0.25, 0.3) is 0 Å². The van der Waals surface area contributed by atoms with Crippen LogP contribution in [0.2, 0.25) is 0 Å². The van der Waals surface area contributed by atoms with Gasteiger partial charge in [0.05, 0.1) is 17.1 Å². The van der Waals surface area contributed by atoms with Crippen LogP contribution in [-0.2, 0) is 0 Å². The van der Waals surface area contributed by atoms with Gasteiger partial charge in [0.15, 0.2) is 5.78 Å². The highest BCUT2D eigenvalue weighted by Gasteiger charge is 2.31. The number of Topliss-reactive ketones (excluding diaryl/α,β-unsaturated/α-hetero) is 1. The molecule has 9 heteroatoms. The van der Waals surface area contributed by atoms with E-state index in [-0.39, 0.29) is 18.1 Å². The zero-order valence-electron chi connectivity index (χ0n) is 15.3. The fourth-order valence-corrected chi connectivity index (χ4v) is 3.84. The second-order valence-electron chi connectivity index (χ2n) is 6.29. The largest absolute Gasteiger partial charge is 0.573 e. The van der Waals surface area contributed by atoms with Crippen molar-refractivity contribution in [3.8, 4) is 16.3 Å². The average molecular weight is 429 g/mol. The Balaban J connectivity index is 1.51. The summed E-state index contributed by atoms with van der Waals surface area (Å²) in [5.41, 5.74) is 1.19. The molecule has 0 saturated heterocycles. The Morgan fingerprint density at radius 1 is 1.03 bits per heavy atom. The smallest absolute Gasteiger partial charge is 0.406 e. The summed E-state index contributed by atoms with van der Waals surface area (Å²) in [6.45, 7) is 0.0744. The number of fused-ring (bicyclic) bond motifs is 1. The minimum absolute atomic E-state index is 0.0742. The van der Waals surface area contributed by atoms with Crippen LogP contribution >= 0.6 is 11.3 Å². The van der Waals surface area contributed by atoms with Gasteiger partial charge in [-0.25, -0.2) is 9.97 Å². The van der Waals surface area contributed by atoms with E-state index in [1.165, 1.54) is 29.8 Å². The predicted molar refractivity (Wildman–Crippen MR) is 109 cm³/mol. The number of benzene rings is 2. The third-order valence-corrected chi connectivity index (χ3v) is 5.31. The van der Waals surface area contributed by atoms with Gasteiger partial charge in [0.1, 0.15) is 17.9 Å². The number of ketones is 1. The third-order valence-electron chi connectivity index (χ3n) is 4.17. The van der Waals surface area contributed by atoms with Crippen LogP contribution in [0.1, 0.15) is 10.4 Å². The van der Waals surface area contributed by atoms with Crippen LogP contribution < -0.4 is 10.1 Å². The molecule has 0 spiro atoms. The van der Waals surface area contributed by atoms with E-state index in [0.29, 0.717) is 22.5 Å². The first kappa shape index (κ1) is 19.8. The fraction of sp³-hybridized carbons (Fsp3) is 0.0952. The van der Waals surface area contributed by atoms with Gasteiger partial charge in [-0.1, -0.05) is 30.3 Å². The number of rotatable bonds is 6.